The molecular weight excluding hydrogens is 488 g/mol. The summed E-state index contributed by atoms with van der Waals surface area (Å²) in [6.07, 6.45) is -0.0624. The molecule has 0 bridgehead atoms. The predicted octanol–water partition coefficient (Wildman–Crippen LogP) is 4.96. The van der Waals surface area contributed by atoms with Crippen molar-refractivity contribution < 1.29 is 23.1 Å². The summed E-state index contributed by atoms with van der Waals surface area (Å²) < 4.78 is 32.5. The van der Waals surface area contributed by atoms with Gasteiger partial charge >= 0.3 is 5.97 Å². The van der Waals surface area contributed by atoms with E-state index in [9.17, 15) is 4.79 Å². The molecule has 0 aliphatic heterocycles. The van der Waals surface area contributed by atoms with Crippen molar-refractivity contribution in [2.75, 3.05) is 7.11 Å². The number of aromatic nitrogens is 4. The van der Waals surface area contributed by atoms with Gasteiger partial charge in [0.25, 0.3) is 5.89 Å². The second-order valence-electron chi connectivity index (χ2n) is 6.95. The molecule has 2 aromatic heterocycles. The van der Waals surface area contributed by atoms with E-state index in [-0.39, 0.29) is 56.6 Å². The first-order valence-electron chi connectivity index (χ1n) is 9.59. The summed E-state index contributed by atoms with van der Waals surface area (Å²) in [4.78, 5) is 11.7. The van der Waals surface area contributed by atoms with Crippen LogP contribution in [0.1, 0.15) is 27.5 Å². The first-order valence-corrected chi connectivity index (χ1v) is 10.3. The molecule has 0 atom stereocenters. The maximum Gasteiger partial charge on any atom is 0.358 e. The van der Waals surface area contributed by atoms with E-state index in [2.05, 4.69) is 20.0 Å². The third-order valence-corrected chi connectivity index (χ3v) is 5.17. The van der Waals surface area contributed by atoms with E-state index in [0.29, 0.717) is 5.69 Å². The third kappa shape index (κ3) is 4.71. The van der Waals surface area contributed by atoms with Crippen LogP contribution in [0.5, 0.6) is 11.5 Å². The summed E-state index contributed by atoms with van der Waals surface area (Å²) in [7, 11) is 2.84. The van der Waals surface area contributed by atoms with Crippen molar-refractivity contribution in [1.82, 2.24) is 20.0 Å². The summed E-state index contributed by atoms with van der Waals surface area (Å²) in [6, 6.07) is 10.6. The van der Waals surface area contributed by atoms with E-state index >= 15 is 4.39 Å². The van der Waals surface area contributed by atoms with E-state index in [1.807, 2.05) is 6.07 Å². The van der Waals surface area contributed by atoms with Crippen LogP contribution in [0.2, 0.25) is 10.0 Å². The zero-order valence-electron chi connectivity index (χ0n) is 17.7. The molecule has 0 unspecified atom stereocenters. The molecule has 12 heteroatoms. The Balaban J connectivity index is 1.60. The number of ether oxygens (including phenoxy) is 2. The Morgan fingerprint density at radius 3 is 2.76 bits per heavy atom. The Kier molecular flexibility index (Phi) is 6.49. The number of carbonyl (C=O) groups excluding carboxylic acids is 1. The Bertz CT molecular complexity index is 1440. The van der Waals surface area contributed by atoms with Gasteiger partial charge in [-0.3, -0.25) is 4.68 Å². The van der Waals surface area contributed by atoms with Crippen LogP contribution < -0.4 is 4.74 Å². The second kappa shape index (κ2) is 9.51. The first-order chi connectivity index (χ1) is 16.3. The van der Waals surface area contributed by atoms with Gasteiger partial charge in [0.05, 0.1) is 30.2 Å². The summed E-state index contributed by atoms with van der Waals surface area (Å²) in [6.45, 7) is 0. The van der Waals surface area contributed by atoms with Gasteiger partial charge in [-0.2, -0.15) is 10.4 Å². The highest BCUT2D eigenvalue weighted by molar-refractivity contribution is 6.32. The zero-order valence-corrected chi connectivity index (χ0v) is 19.2. The highest BCUT2D eigenvalue weighted by Gasteiger charge is 2.21. The number of nitrogens with zero attached hydrogens (tertiary/aromatic N) is 5. The quantitative estimate of drug-likeness (QED) is 0.340. The van der Waals surface area contributed by atoms with E-state index in [0.717, 1.165) is 0 Å². The van der Waals surface area contributed by atoms with Gasteiger partial charge in [-0.15, -0.1) is 10.2 Å². The standard InChI is InChI=1S/C22H14Cl2FN5O4/c1-30-17(9-16(29-30)22(31)32-2)21-28-27-18(34-21)7-12-3-4-15(24)20(19(12)25)33-14-6-11(10-26)5-13(23)8-14/h3-6,8-9H,7H2,1-2H3. The minimum atomic E-state index is -0.737. The number of esters is 1. The highest BCUT2D eigenvalue weighted by Crippen LogP contribution is 2.36. The lowest BCUT2D eigenvalue weighted by Gasteiger charge is -2.11. The van der Waals surface area contributed by atoms with Crippen molar-refractivity contribution in [1.29, 1.82) is 5.26 Å². The molecule has 2 aromatic carbocycles. The van der Waals surface area contributed by atoms with Crippen molar-refractivity contribution >= 4 is 29.2 Å². The fourth-order valence-corrected chi connectivity index (χ4v) is 3.48. The van der Waals surface area contributed by atoms with Crippen LogP contribution in [0.4, 0.5) is 4.39 Å². The molecular formula is C22H14Cl2FN5O4. The van der Waals surface area contributed by atoms with E-state index in [4.69, 9.17) is 37.6 Å². The van der Waals surface area contributed by atoms with Gasteiger partial charge in [0.1, 0.15) is 11.4 Å². The Labute approximate surface area is 202 Å². The van der Waals surface area contributed by atoms with Crippen LogP contribution in [-0.2, 0) is 18.2 Å². The summed E-state index contributed by atoms with van der Waals surface area (Å²) in [5.41, 5.74) is 0.886. The van der Waals surface area contributed by atoms with Crippen molar-refractivity contribution in [3.63, 3.8) is 0 Å². The molecule has 9 nitrogen and oxygen atoms in total. The fourth-order valence-electron chi connectivity index (χ4n) is 3.07. The number of halogens is 3. The lowest BCUT2D eigenvalue weighted by atomic mass is 10.1. The Morgan fingerprint density at radius 2 is 2.03 bits per heavy atom. The van der Waals surface area contributed by atoms with Gasteiger partial charge in [-0.05, 0) is 24.3 Å². The number of carbonyl (C=O) groups is 1. The van der Waals surface area contributed by atoms with Crippen molar-refractivity contribution in [2.45, 2.75) is 6.42 Å². The number of nitriles is 1. The Morgan fingerprint density at radius 1 is 1.24 bits per heavy atom. The SMILES string of the molecule is COC(=O)c1cc(-c2nnc(Cc3ccc(Cl)c(Oc4cc(Cl)cc(C#N)c4)c3F)o2)n(C)n1. The average molecular weight is 502 g/mol. The number of benzene rings is 2. The maximum atomic E-state index is 15.2. The number of rotatable bonds is 6. The molecule has 4 aromatic rings. The molecule has 0 N–H and O–H groups in total. The monoisotopic (exact) mass is 501 g/mol. The Hall–Kier alpha value is -3.94. The minimum absolute atomic E-state index is 0.0242. The van der Waals surface area contributed by atoms with Crippen molar-refractivity contribution in [2.24, 2.45) is 7.05 Å². The number of hydrogen-bond donors (Lipinski definition) is 0. The van der Waals surface area contributed by atoms with E-state index in [1.54, 1.807) is 7.05 Å². The molecule has 0 saturated heterocycles. The van der Waals surface area contributed by atoms with Gasteiger partial charge in [-0.25, -0.2) is 9.18 Å². The number of methoxy groups -OCH3 is 1. The van der Waals surface area contributed by atoms with Gasteiger partial charge in [0, 0.05) is 23.7 Å². The average Bonchev–Trinajstić information content (AvgIpc) is 3.43. The molecule has 0 amide bonds. The summed E-state index contributed by atoms with van der Waals surface area (Å²) in [5, 5.41) is 21.3. The molecule has 0 radical (unpaired) electrons. The van der Waals surface area contributed by atoms with Crippen LogP contribution >= 0.6 is 23.2 Å². The largest absolute Gasteiger partial charge is 0.464 e. The third-order valence-electron chi connectivity index (χ3n) is 4.65. The molecule has 2 heterocycles. The van der Waals surface area contributed by atoms with Crippen LogP contribution in [-0.4, -0.2) is 33.1 Å². The van der Waals surface area contributed by atoms with Gasteiger partial charge in [0.2, 0.25) is 5.89 Å². The lowest BCUT2D eigenvalue weighted by molar-refractivity contribution is 0.0593. The number of hydrogen-bond acceptors (Lipinski definition) is 8. The predicted molar refractivity (Wildman–Crippen MR) is 118 cm³/mol. The second-order valence-corrected chi connectivity index (χ2v) is 7.79. The zero-order chi connectivity index (χ0) is 24.4. The molecule has 0 saturated carbocycles. The number of aryl methyl sites for hydroxylation is 1. The minimum Gasteiger partial charge on any atom is -0.464 e. The van der Waals surface area contributed by atoms with Gasteiger partial charge in [0.15, 0.2) is 17.3 Å². The van der Waals surface area contributed by atoms with Crippen molar-refractivity contribution in [3.05, 3.63) is 75.0 Å². The molecule has 4 rings (SSSR count). The lowest BCUT2D eigenvalue weighted by Crippen LogP contribution is -2.02. The van der Waals surface area contributed by atoms with Crippen molar-refractivity contribution in [3.8, 4) is 29.2 Å². The molecule has 0 aliphatic carbocycles. The van der Waals surface area contributed by atoms with Gasteiger partial charge in [-0.1, -0.05) is 29.3 Å². The molecule has 0 aliphatic rings. The topological polar surface area (TPSA) is 116 Å². The van der Waals surface area contributed by atoms with Crippen LogP contribution in [0.25, 0.3) is 11.6 Å². The van der Waals surface area contributed by atoms with Crippen LogP contribution in [0.15, 0.2) is 40.8 Å². The smallest absolute Gasteiger partial charge is 0.358 e. The van der Waals surface area contributed by atoms with E-state index in [1.165, 1.54) is 48.2 Å². The molecule has 0 spiro atoms. The fraction of sp³-hybridized carbons (Fsp3) is 0.136. The molecule has 34 heavy (non-hydrogen) atoms. The molecule has 172 valence electrons. The molecule has 0 fully saturated rings. The maximum absolute atomic E-state index is 15.2. The highest BCUT2D eigenvalue weighted by atomic mass is 35.5. The summed E-state index contributed by atoms with van der Waals surface area (Å²) >= 11 is 12.1. The van der Waals surface area contributed by atoms with Gasteiger partial charge < -0.3 is 13.9 Å². The first kappa shape index (κ1) is 23.2. The van der Waals surface area contributed by atoms with E-state index < -0.39 is 11.8 Å². The normalized spacial score (nSPS) is 10.7. The van der Waals surface area contributed by atoms with Crippen LogP contribution in [0, 0.1) is 17.1 Å². The van der Waals surface area contributed by atoms with Crippen LogP contribution in [0.3, 0.4) is 0 Å². The summed E-state index contributed by atoms with van der Waals surface area (Å²) in [5.74, 6) is -1.23.